The first-order chi connectivity index (χ1) is 12.7. The fraction of sp³-hybridized carbons (Fsp3) is 0.409. The van der Waals surface area contributed by atoms with Gasteiger partial charge in [-0.1, -0.05) is 55.8 Å². The zero-order valence-corrected chi connectivity index (χ0v) is 17.0. The van der Waals surface area contributed by atoms with Crippen LogP contribution in [0.5, 0.6) is 0 Å². The minimum atomic E-state index is -3.07. The van der Waals surface area contributed by atoms with Gasteiger partial charge in [0.1, 0.15) is 0 Å². The number of aryl methyl sites for hydroxylation is 1. The summed E-state index contributed by atoms with van der Waals surface area (Å²) >= 11 is 0. The van der Waals surface area contributed by atoms with Crippen molar-refractivity contribution in [3.05, 3.63) is 70.8 Å². The van der Waals surface area contributed by atoms with Gasteiger partial charge in [0, 0.05) is 18.2 Å². The van der Waals surface area contributed by atoms with Crippen LogP contribution in [0.1, 0.15) is 53.2 Å². The van der Waals surface area contributed by atoms with E-state index in [0.29, 0.717) is 24.4 Å². The molecule has 0 aromatic heterocycles. The molecule has 5 heteroatoms. The van der Waals surface area contributed by atoms with Gasteiger partial charge in [0.05, 0.1) is 11.5 Å². The highest BCUT2D eigenvalue weighted by molar-refractivity contribution is 7.91. The third-order valence-electron chi connectivity index (χ3n) is 5.21. The summed E-state index contributed by atoms with van der Waals surface area (Å²) in [6.07, 6.45) is 0.504. The van der Waals surface area contributed by atoms with Crippen molar-refractivity contribution >= 4 is 15.7 Å². The Labute approximate surface area is 162 Å². The number of sulfone groups is 1. The molecule has 0 aliphatic carbocycles. The number of benzene rings is 2. The number of hydrogen-bond donors (Lipinski definition) is 0. The highest BCUT2D eigenvalue weighted by atomic mass is 32.2. The Bertz CT molecular complexity index is 900. The van der Waals surface area contributed by atoms with E-state index < -0.39 is 9.84 Å². The fourth-order valence-electron chi connectivity index (χ4n) is 3.45. The lowest BCUT2D eigenvalue weighted by Gasteiger charge is -2.29. The van der Waals surface area contributed by atoms with Gasteiger partial charge < -0.3 is 4.90 Å². The summed E-state index contributed by atoms with van der Waals surface area (Å²) in [5, 5.41) is 0. The number of nitrogens with zero attached hydrogens (tertiary/aromatic N) is 1. The van der Waals surface area contributed by atoms with E-state index in [2.05, 4.69) is 26.0 Å². The summed E-state index contributed by atoms with van der Waals surface area (Å²) < 4.78 is 24.0. The van der Waals surface area contributed by atoms with Crippen molar-refractivity contribution in [1.82, 2.24) is 4.90 Å². The van der Waals surface area contributed by atoms with Crippen LogP contribution in [0.4, 0.5) is 0 Å². The molecule has 2 aromatic rings. The lowest BCUT2D eigenvalue weighted by Crippen LogP contribution is -2.40. The SMILES string of the molecule is Cc1ccc(C(=O)N(Cc2ccc(C(C)C)cc2)[C@@H]2CCS(=O)(=O)C2)cc1. The second-order valence-corrected chi connectivity index (χ2v) is 9.98. The molecule has 1 atom stereocenters. The van der Waals surface area contributed by atoms with Crippen LogP contribution in [0, 0.1) is 6.92 Å². The van der Waals surface area contributed by atoms with Gasteiger partial charge in [-0.15, -0.1) is 0 Å². The third-order valence-corrected chi connectivity index (χ3v) is 6.96. The summed E-state index contributed by atoms with van der Waals surface area (Å²) in [7, 11) is -3.07. The summed E-state index contributed by atoms with van der Waals surface area (Å²) in [6, 6.07) is 15.4. The van der Waals surface area contributed by atoms with Crippen molar-refractivity contribution in [3.8, 4) is 0 Å². The van der Waals surface area contributed by atoms with E-state index in [1.807, 2.05) is 43.3 Å². The molecule has 0 N–H and O–H groups in total. The highest BCUT2D eigenvalue weighted by Gasteiger charge is 2.35. The van der Waals surface area contributed by atoms with E-state index in [1.54, 1.807) is 4.90 Å². The maximum Gasteiger partial charge on any atom is 0.254 e. The molecule has 0 radical (unpaired) electrons. The van der Waals surface area contributed by atoms with Crippen molar-refractivity contribution < 1.29 is 13.2 Å². The first kappa shape index (κ1) is 19.6. The Balaban J connectivity index is 1.87. The molecule has 27 heavy (non-hydrogen) atoms. The predicted octanol–water partition coefficient (Wildman–Crippen LogP) is 3.95. The maximum absolute atomic E-state index is 13.2. The zero-order chi connectivity index (χ0) is 19.6. The molecule has 0 bridgehead atoms. The van der Waals surface area contributed by atoms with Crippen LogP contribution in [-0.4, -0.2) is 36.8 Å². The summed E-state index contributed by atoms with van der Waals surface area (Å²) in [5.74, 6) is 0.547. The van der Waals surface area contributed by atoms with Crippen LogP contribution in [0.3, 0.4) is 0 Å². The van der Waals surface area contributed by atoms with Crippen molar-refractivity contribution in [2.45, 2.75) is 45.7 Å². The van der Waals surface area contributed by atoms with E-state index in [-0.39, 0.29) is 23.5 Å². The van der Waals surface area contributed by atoms with Crippen molar-refractivity contribution in [2.24, 2.45) is 0 Å². The Hall–Kier alpha value is -2.14. The van der Waals surface area contributed by atoms with E-state index >= 15 is 0 Å². The fourth-order valence-corrected chi connectivity index (χ4v) is 5.19. The molecule has 3 rings (SSSR count). The molecule has 1 amide bonds. The average molecular weight is 386 g/mol. The summed E-state index contributed by atoms with van der Waals surface area (Å²) in [4.78, 5) is 14.9. The molecule has 0 saturated carbocycles. The molecular weight excluding hydrogens is 358 g/mol. The molecule has 0 unspecified atom stereocenters. The molecule has 144 valence electrons. The Morgan fingerprint density at radius 1 is 1.07 bits per heavy atom. The number of carbonyl (C=O) groups excluding carboxylic acids is 1. The molecule has 2 aromatic carbocycles. The van der Waals surface area contributed by atoms with Gasteiger partial charge in [-0.25, -0.2) is 8.42 Å². The summed E-state index contributed by atoms with van der Waals surface area (Å²) in [5.41, 5.74) is 3.96. The van der Waals surface area contributed by atoms with Crippen LogP contribution < -0.4 is 0 Å². The lowest BCUT2D eigenvalue weighted by atomic mass is 10.0. The average Bonchev–Trinajstić information content (AvgIpc) is 2.99. The van der Waals surface area contributed by atoms with Crippen LogP contribution in [0.25, 0.3) is 0 Å². The molecule has 1 fully saturated rings. The molecule has 4 nitrogen and oxygen atoms in total. The second-order valence-electron chi connectivity index (χ2n) is 7.75. The second kappa shape index (κ2) is 7.85. The minimum Gasteiger partial charge on any atom is -0.330 e. The maximum atomic E-state index is 13.2. The smallest absolute Gasteiger partial charge is 0.254 e. The van der Waals surface area contributed by atoms with E-state index in [1.165, 1.54) is 5.56 Å². The van der Waals surface area contributed by atoms with Crippen molar-refractivity contribution in [3.63, 3.8) is 0 Å². The molecule has 1 aliphatic rings. The van der Waals surface area contributed by atoms with Crippen molar-refractivity contribution in [1.29, 1.82) is 0 Å². The number of carbonyl (C=O) groups is 1. The van der Waals surface area contributed by atoms with Gasteiger partial charge in [0.2, 0.25) is 0 Å². The number of rotatable bonds is 5. The third kappa shape index (κ3) is 4.78. The van der Waals surface area contributed by atoms with Crippen LogP contribution in [0.2, 0.25) is 0 Å². The van der Waals surface area contributed by atoms with E-state index in [9.17, 15) is 13.2 Å². The van der Waals surface area contributed by atoms with Gasteiger partial charge in [0.15, 0.2) is 9.84 Å². The highest BCUT2D eigenvalue weighted by Crippen LogP contribution is 2.23. The molecule has 0 spiro atoms. The molecule has 1 aliphatic heterocycles. The van der Waals surface area contributed by atoms with Crippen LogP contribution in [0.15, 0.2) is 48.5 Å². The Kier molecular flexibility index (Phi) is 5.70. The van der Waals surface area contributed by atoms with Crippen LogP contribution >= 0.6 is 0 Å². The first-order valence-electron chi connectivity index (χ1n) is 9.42. The monoisotopic (exact) mass is 385 g/mol. The quantitative estimate of drug-likeness (QED) is 0.783. The topological polar surface area (TPSA) is 54.5 Å². The number of amides is 1. The standard InChI is InChI=1S/C22H27NO3S/c1-16(2)19-10-6-18(7-11-19)14-23(21-12-13-27(25,26)15-21)22(24)20-8-4-17(3)5-9-20/h4-11,16,21H,12-15H2,1-3H3/t21-/m1/s1. The van der Waals surface area contributed by atoms with E-state index in [0.717, 1.165) is 11.1 Å². The van der Waals surface area contributed by atoms with E-state index in [4.69, 9.17) is 0 Å². The lowest BCUT2D eigenvalue weighted by molar-refractivity contribution is 0.0681. The summed E-state index contributed by atoms with van der Waals surface area (Å²) in [6.45, 7) is 6.69. The van der Waals surface area contributed by atoms with Crippen molar-refractivity contribution in [2.75, 3.05) is 11.5 Å². The van der Waals surface area contributed by atoms with Gasteiger partial charge >= 0.3 is 0 Å². The van der Waals surface area contributed by atoms with Gasteiger partial charge in [-0.3, -0.25) is 4.79 Å². The zero-order valence-electron chi connectivity index (χ0n) is 16.2. The Morgan fingerprint density at radius 3 is 2.22 bits per heavy atom. The minimum absolute atomic E-state index is 0.0503. The Morgan fingerprint density at radius 2 is 1.70 bits per heavy atom. The molecular formula is C22H27NO3S. The molecule has 1 saturated heterocycles. The van der Waals surface area contributed by atoms with Crippen LogP contribution in [-0.2, 0) is 16.4 Å². The number of hydrogen-bond acceptors (Lipinski definition) is 3. The largest absolute Gasteiger partial charge is 0.330 e. The van der Waals surface area contributed by atoms with Gasteiger partial charge in [0.25, 0.3) is 5.91 Å². The predicted molar refractivity (Wildman–Crippen MR) is 109 cm³/mol. The van der Waals surface area contributed by atoms with Gasteiger partial charge in [-0.2, -0.15) is 0 Å². The first-order valence-corrected chi connectivity index (χ1v) is 11.2. The van der Waals surface area contributed by atoms with Gasteiger partial charge in [-0.05, 0) is 42.5 Å². The normalized spacial score (nSPS) is 18.6. The molecule has 1 heterocycles.